The van der Waals surface area contributed by atoms with E-state index in [0.717, 1.165) is 46.1 Å². The molecule has 0 aliphatic carbocycles. The number of fused-ring (bicyclic) bond motifs is 2. The summed E-state index contributed by atoms with van der Waals surface area (Å²) < 4.78 is 7.52. The van der Waals surface area contributed by atoms with Gasteiger partial charge in [-0.05, 0) is 30.7 Å². The van der Waals surface area contributed by atoms with Crippen LogP contribution in [0.5, 0.6) is 5.88 Å². The Morgan fingerprint density at radius 2 is 2.13 bits per heavy atom. The van der Waals surface area contributed by atoms with Crippen molar-refractivity contribution in [2.45, 2.75) is 6.92 Å². The Morgan fingerprint density at radius 1 is 1.26 bits per heavy atom. The van der Waals surface area contributed by atoms with Crippen molar-refractivity contribution >= 4 is 28.6 Å². The van der Waals surface area contributed by atoms with Crippen LogP contribution in [0.4, 0.5) is 17.2 Å². The fraction of sp³-hybridized carbons (Fsp3) is 0.182. The number of nitrogens with one attached hydrogen (secondary N) is 2. The van der Waals surface area contributed by atoms with Crippen LogP contribution < -0.4 is 15.4 Å². The summed E-state index contributed by atoms with van der Waals surface area (Å²) in [6.45, 7) is 3.27. The fourth-order valence-electron chi connectivity index (χ4n) is 3.44. The quantitative estimate of drug-likeness (QED) is 0.379. The highest BCUT2D eigenvalue weighted by Gasteiger charge is 2.15. The van der Waals surface area contributed by atoms with Gasteiger partial charge in [0.05, 0.1) is 17.1 Å². The molecule has 0 radical (unpaired) electrons. The van der Waals surface area contributed by atoms with Crippen LogP contribution in [-0.2, 0) is 4.84 Å². The van der Waals surface area contributed by atoms with Gasteiger partial charge in [0.2, 0.25) is 5.88 Å². The predicted octanol–water partition coefficient (Wildman–Crippen LogP) is 3.71. The number of imidazole rings is 1. The Hall–Kier alpha value is -4.14. The van der Waals surface area contributed by atoms with E-state index in [0.29, 0.717) is 18.3 Å². The van der Waals surface area contributed by atoms with Crippen molar-refractivity contribution in [3.8, 4) is 17.1 Å². The van der Waals surface area contributed by atoms with Gasteiger partial charge >= 0.3 is 0 Å². The van der Waals surface area contributed by atoms with E-state index in [-0.39, 0.29) is 0 Å². The highest BCUT2D eigenvalue weighted by Crippen LogP contribution is 2.30. The van der Waals surface area contributed by atoms with E-state index < -0.39 is 0 Å². The van der Waals surface area contributed by atoms with E-state index in [1.807, 2.05) is 54.0 Å². The average Bonchev–Trinajstić information content (AvgIpc) is 3.28. The second-order valence-corrected chi connectivity index (χ2v) is 7.05. The van der Waals surface area contributed by atoms with Gasteiger partial charge in [0.15, 0.2) is 11.5 Å². The topological polar surface area (TPSA) is 98.0 Å². The number of hydrogen-bond donors (Lipinski definition) is 2. The lowest BCUT2D eigenvalue weighted by Crippen LogP contribution is -2.18. The Bertz CT molecular complexity index is 1260. The minimum Gasteiger partial charge on any atom is -0.474 e. The average molecular weight is 415 g/mol. The third-order valence-corrected chi connectivity index (χ3v) is 4.97. The number of pyridine rings is 1. The van der Waals surface area contributed by atoms with Crippen molar-refractivity contribution in [3.63, 3.8) is 0 Å². The van der Waals surface area contributed by atoms with E-state index in [1.165, 1.54) is 7.11 Å². The number of oxime groups is 1. The van der Waals surface area contributed by atoms with E-state index in [9.17, 15) is 0 Å². The number of anilines is 3. The highest BCUT2D eigenvalue weighted by atomic mass is 16.6. The van der Waals surface area contributed by atoms with Crippen LogP contribution >= 0.6 is 0 Å². The number of rotatable bonds is 5. The van der Waals surface area contributed by atoms with E-state index in [4.69, 9.17) is 14.6 Å². The molecular formula is C22H21N7O2. The number of benzene rings is 1. The Morgan fingerprint density at radius 3 is 2.97 bits per heavy atom. The first-order valence-electron chi connectivity index (χ1n) is 9.87. The van der Waals surface area contributed by atoms with Gasteiger partial charge in [0, 0.05) is 42.6 Å². The molecule has 0 spiro atoms. The summed E-state index contributed by atoms with van der Waals surface area (Å²) in [4.78, 5) is 18.5. The molecule has 1 aromatic carbocycles. The molecule has 0 amide bonds. The molecular weight excluding hydrogens is 394 g/mol. The Labute approximate surface area is 178 Å². The van der Waals surface area contributed by atoms with Crippen LogP contribution in [0, 0.1) is 0 Å². The van der Waals surface area contributed by atoms with Gasteiger partial charge in [0.1, 0.15) is 13.7 Å². The number of hydrogen-bond acceptors (Lipinski definition) is 8. The van der Waals surface area contributed by atoms with E-state index in [2.05, 4.69) is 25.8 Å². The molecule has 156 valence electrons. The maximum atomic E-state index is 5.58. The largest absolute Gasteiger partial charge is 0.474 e. The highest BCUT2D eigenvalue weighted by molar-refractivity contribution is 5.98. The molecule has 2 N–H and O–H groups in total. The summed E-state index contributed by atoms with van der Waals surface area (Å²) in [6, 6.07) is 9.90. The molecule has 9 heteroatoms. The van der Waals surface area contributed by atoms with Crippen LogP contribution in [0.15, 0.2) is 60.3 Å². The molecule has 0 unspecified atom stereocenters. The summed E-state index contributed by atoms with van der Waals surface area (Å²) in [7, 11) is 1.54. The van der Waals surface area contributed by atoms with E-state index in [1.54, 1.807) is 12.4 Å². The molecule has 31 heavy (non-hydrogen) atoms. The number of nitrogens with zero attached hydrogens (tertiary/aromatic N) is 5. The van der Waals surface area contributed by atoms with Crippen molar-refractivity contribution in [1.82, 2.24) is 19.4 Å². The fourth-order valence-corrected chi connectivity index (χ4v) is 3.44. The molecule has 1 aliphatic rings. The standard InChI is InChI=1S/C22H21N7O2/c1-14(28-30-2)15-3-5-17(6-4-15)26-20-21-24-7-9-29(21)13-19(27-20)16-11-18-22(25-12-16)31-10-8-23-18/h3-7,9,11-13,23H,8,10H2,1-2H3,(H,26,27)/b28-14+. The molecule has 4 heterocycles. The molecule has 0 saturated carbocycles. The maximum absolute atomic E-state index is 5.58. The first kappa shape index (κ1) is 18.9. The summed E-state index contributed by atoms with van der Waals surface area (Å²) >= 11 is 0. The zero-order chi connectivity index (χ0) is 21.2. The first-order chi connectivity index (χ1) is 15.2. The van der Waals surface area contributed by atoms with Crippen LogP contribution in [0.25, 0.3) is 16.9 Å². The van der Waals surface area contributed by atoms with Gasteiger partial charge in [0.25, 0.3) is 0 Å². The number of ether oxygens (including phenoxy) is 1. The lowest BCUT2D eigenvalue weighted by molar-refractivity contribution is 0.213. The first-order valence-corrected chi connectivity index (χ1v) is 9.87. The van der Waals surface area contributed by atoms with Gasteiger partial charge in [-0.3, -0.25) is 0 Å². The van der Waals surface area contributed by atoms with Gasteiger partial charge in [-0.1, -0.05) is 17.3 Å². The number of aromatic nitrogens is 4. The van der Waals surface area contributed by atoms with Crippen LogP contribution in [-0.4, -0.2) is 45.3 Å². The molecule has 1 aliphatic heterocycles. The minimum absolute atomic E-state index is 0.613. The molecule has 9 nitrogen and oxygen atoms in total. The minimum atomic E-state index is 0.613. The van der Waals surface area contributed by atoms with Gasteiger partial charge in [-0.2, -0.15) is 0 Å². The maximum Gasteiger partial charge on any atom is 0.237 e. The van der Waals surface area contributed by atoms with Crippen LogP contribution in [0.1, 0.15) is 12.5 Å². The summed E-state index contributed by atoms with van der Waals surface area (Å²) in [6.07, 6.45) is 7.36. The zero-order valence-corrected chi connectivity index (χ0v) is 17.2. The molecule has 4 aromatic rings. The van der Waals surface area contributed by atoms with Gasteiger partial charge < -0.3 is 24.6 Å². The summed E-state index contributed by atoms with van der Waals surface area (Å²) in [5.41, 5.74) is 5.94. The SMILES string of the molecule is CO/N=C(\C)c1ccc(Nc2nc(-c3cnc4c(c3)NCCO4)cn3ccnc23)cc1. The smallest absolute Gasteiger partial charge is 0.237 e. The van der Waals surface area contributed by atoms with E-state index >= 15 is 0 Å². The van der Waals surface area contributed by atoms with Gasteiger partial charge in [-0.25, -0.2) is 15.0 Å². The lowest BCUT2D eigenvalue weighted by Gasteiger charge is -2.18. The van der Waals surface area contributed by atoms with Crippen LogP contribution in [0.3, 0.4) is 0 Å². The van der Waals surface area contributed by atoms with Crippen molar-refractivity contribution in [2.75, 3.05) is 30.9 Å². The molecule has 0 fully saturated rings. The lowest BCUT2D eigenvalue weighted by atomic mass is 10.1. The molecule has 0 atom stereocenters. The summed E-state index contributed by atoms with van der Waals surface area (Å²) in [5.74, 6) is 1.27. The van der Waals surface area contributed by atoms with Crippen molar-refractivity contribution in [2.24, 2.45) is 5.16 Å². The van der Waals surface area contributed by atoms with Crippen molar-refractivity contribution in [3.05, 3.63) is 60.7 Å². The third-order valence-electron chi connectivity index (χ3n) is 4.97. The van der Waals surface area contributed by atoms with Gasteiger partial charge in [-0.15, -0.1) is 0 Å². The second kappa shape index (κ2) is 7.94. The third kappa shape index (κ3) is 3.73. The molecule has 0 bridgehead atoms. The molecule has 5 rings (SSSR count). The van der Waals surface area contributed by atoms with Crippen molar-refractivity contribution < 1.29 is 9.57 Å². The Balaban J connectivity index is 1.49. The Kier molecular flexibility index (Phi) is 4.83. The normalized spacial score (nSPS) is 13.3. The predicted molar refractivity (Wildman–Crippen MR) is 119 cm³/mol. The zero-order valence-electron chi connectivity index (χ0n) is 17.2. The molecule has 3 aromatic heterocycles. The second-order valence-electron chi connectivity index (χ2n) is 7.05. The van der Waals surface area contributed by atoms with Crippen molar-refractivity contribution in [1.29, 1.82) is 0 Å². The summed E-state index contributed by atoms with van der Waals surface area (Å²) in [5, 5.41) is 10.7. The monoisotopic (exact) mass is 415 g/mol. The van der Waals surface area contributed by atoms with Crippen LogP contribution in [0.2, 0.25) is 0 Å². The molecule has 0 saturated heterocycles.